The van der Waals surface area contributed by atoms with Crippen molar-refractivity contribution in [3.05, 3.63) is 82.3 Å². The van der Waals surface area contributed by atoms with Crippen molar-refractivity contribution in [2.45, 2.75) is 12.5 Å². The molecule has 3 N–H and O–H groups in total. The molecule has 1 atom stereocenters. The quantitative estimate of drug-likeness (QED) is 0.643. The lowest BCUT2D eigenvalue weighted by molar-refractivity contribution is 0.0928. The van der Waals surface area contributed by atoms with E-state index in [4.69, 9.17) is 4.42 Å². The zero-order valence-corrected chi connectivity index (χ0v) is 13.4. The summed E-state index contributed by atoms with van der Waals surface area (Å²) >= 11 is 0. The number of hydrogen-bond acceptors (Lipinski definition) is 4. The number of aliphatic hydroxyl groups excluding tert-OH is 1. The van der Waals surface area contributed by atoms with E-state index in [1.807, 2.05) is 30.3 Å². The van der Waals surface area contributed by atoms with E-state index in [1.54, 1.807) is 18.2 Å². The van der Waals surface area contributed by atoms with Crippen LogP contribution >= 0.6 is 0 Å². The van der Waals surface area contributed by atoms with Crippen molar-refractivity contribution in [1.29, 1.82) is 0 Å². The van der Waals surface area contributed by atoms with Gasteiger partial charge >= 0.3 is 0 Å². The zero-order valence-electron chi connectivity index (χ0n) is 13.4. The summed E-state index contributed by atoms with van der Waals surface area (Å²) in [5.41, 5.74) is 0.881. The van der Waals surface area contributed by atoms with E-state index >= 15 is 0 Å². The van der Waals surface area contributed by atoms with Gasteiger partial charge in [-0.3, -0.25) is 9.59 Å². The van der Waals surface area contributed by atoms with E-state index in [0.29, 0.717) is 17.9 Å². The highest BCUT2D eigenvalue weighted by molar-refractivity contribution is 5.94. The van der Waals surface area contributed by atoms with Gasteiger partial charge < -0.3 is 19.8 Å². The Morgan fingerprint density at radius 3 is 2.56 bits per heavy atom. The number of amides is 1. The SMILES string of the molecule is O=C(NC(CCO)c1ccccc1)c1ccc(-c2ccco2)[nH]c1=O. The minimum atomic E-state index is -0.498. The molecule has 0 fully saturated rings. The first-order valence-corrected chi connectivity index (χ1v) is 7.93. The second-order valence-corrected chi connectivity index (χ2v) is 5.54. The maximum atomic E-state index is 12.5. The van der Waals surface area contributed by atoms with Gasteiger partial charge in [0.25, 0.3) is 11.5 Å². The molecule has 0 aliphatic rings. The molecule has 0 radical (unpaired) electrons. The van der Waals surface area contributed by atoms with E-state index in [9.17, 15) is 14.7 Å². The van der Waals surface area contributed by atoms with Gasteiger partial charge in [-0.2, -0.15) is 0 Å². The molecule has 0 saturated carbocycles. The summed E-state index contributed by atoms with van der Waals surface area (Å²) in [7, 11) is 0. The third-order valence-electron chi connectivity index (χ3n) is 3.87. The third-order valence-corrected chi connectivity index (χ3v) is 3.87. The average molecular weight is 338 g/mol. The van der Waals surface area contributed by atoms with Crippen molar-refractivity contribution < 1.29 is 14.3 Å². The molecule has 6 nitrogen and oxygen atoms in total. The van der Waals surface area contributed by atoms with Crippen molar-refractivity contribution in [3.8, 4) is 11.5 Å². The molecule has 0 saturated heterocycles. The Morgan fingerprint density at radius 1 is 1.12 bits per heavy atom. The van der Waals surface area contributed by atoms with Crippen molar-refractivity contribution in [2.24, 2.45) is 0 Å². The highest BCUT2D eigenvalue weighted by Gasteiger charge is 2.18. The molecule has 2 heterocycles. The van der Waals surface area contributed by atoms with E-state index in [-0.39, 0.29) is 18.2 Å². The van der Waals surface area contributed by atoms with Crippen molar-refractivity contribution in [2.75, 3.05) is 6.61 Å². The van der Waals surface area contributed by atoms with Gasteiger partial charge in [0.1, 0.15) is 11.3 Å². The zero-order chi connectivity index (χ0) is 17.6. The van der Waals surface area contributed by atoms with Crippen LogP contribution in [0.15, 0.2) is 70.1 Å². The van der Waals surface area contributed by atoms with E-state index in [2.05, 4.69) is 10.3 Å². The van der Waals surface area contributed by atoms with Crippen molar-refractivity contribution in [1.82, 2.24) is 10.3 Å². The van der Waals surface area contributed by atoms with Crippen LogP contribution in [0.2, 0.25) is 0 Å². The van der Waals surface area contributed by atoms with Crippen LogP contribution in [0.1, 0.15) is 28.4 Å². The molecule has 3 rings (SSSR count). The molecule has 1 unspecified atom stereocenters. The summed E-state index contributed by atoms with van der Waals surface area (Å²) in [5, 5.41) is 12.1. The standard InChI is InChI=1S/C19H18N2O4/c22-11-10-15(13-5-2-1-3-6-13)20-18(23)14-8-9-16(21-19(14)24)17-7-4-12-25-17/h1-9,12,15,22H,10-11H2,(H,20,23)(H,21,24). The molecule has 6 heteroatoms. The molecular weight excluding hydrogens is 320 g/mol. The monoisotopic (exact) mass is 338 g/mol. The largest absolute Gasteiger partial charge is 0.463 e. The first-order chi connectivity index (χ1) is 12.2. The Labute approximate surface area is 144 Å². The van der Waals surface area contributed by atoms with Crippen LogP contribution in [0.3, 0.4) is 0 Å². The number of furan rings is 1. The maximum Gasteiger partial charge on any atom is 0.261 e. The molecule has 0 aliphatic carbocycles. The summed E-state index contributed by atoms with van der Waals surface area (Å²) in [6.07, 6.45) is 1.87. The minimum Gasteiger partial charge on any atom is -0.463 e. The number of aromatic amines is 1. The number of H-pyrrole nitrogens is 1. The number of hydrogen-bond donors (Lipinski definition) is 3. The number of nitrogens with one attached hydrogen (secondary N) is 2. The fourth-order valence-electron chi connectivity index (χ4n) is 2.60. The van der Waals surface area contributed by atoms with Gasteiger partial charge in [0, 0.05) is 6.61 Å². The number of benzene rings is 1. The Balaban J connectivity index is 1.81. The van der Waals surface area contributed by atoms with Crippen LogP contribution < -0.4 is 10.9 Å². The van der Waals surface area contributed by atoms with Gasteiger partial charge in [-0.1, -0.05) is 30.3 Å². The first-order valence-electron chi connectivity index (χ1n) is 7.93. The third kappa shape index (κ3) is 3.87. The van der Waals surface area contributed by atoms with Crippen LogP contribution in [-0.4, -0.2) is 22.6 Å². The summed E-state index contributed by atoms with van der Waals surface area (Å²) in [6, 6.07) is 15.5. The van der Waals surface area contributed by atoms with E-state index < -0.39 is 11.5 Å². The second-order valence-electron chi connectivity index (χ2n) is 5.54. The summed E-state index contributed by atoms with van der Waals surface area (Å²) < 4.78 is 5.23. The smallest absolute Gasteiger partial charge is 0.261 e. The van der Waals surface area contributed by atoms with Gasteiger partial charge in [0.2, 0.25) is 0 Å². The Bertz CT molecular complexity index is 885. The molecule has 2 aromatic heterocycles. The lowest BCUT2D eigenvalue weighted by atomic mass is 10.0. The van der Waals surface area contributed by atoms with Crippen LogP contribution in [-0.2, 0) is 0 Å². The Hall–Kier alpha value is -3.12. The average Bonchev–Trinajstić information content (AvgIpc) is 3.16. The molecule has 0 spiro atoms. The van der Waals surface area contributed by atoms with Crippen molar-refractivity contribution in [3.63, 3.8) is 0 Å². The molecule has 0 aliphatic heterocycles. The maximum absolute atomic E-state index is 12.5. The lowest BCUT2D eigenvalue weighted by Crippen LogP contribution is -2.33. The first kappa shape index (κ1) is 16.7. The lowest BCUT2D eigenvalue weighted by Gasteiger charge is -2.18. The number of rotatable bonds is 6. The topological polar surface area (TPSA) is 95.3 Å². The fourth-order valence-corrected chi connectivity index (χ4v) is 2.60. The summed E-state index contributed by atoms with van der Waals surface area (Å²) in [4.78, 5) is 27.4. The number of carbonyl (C=O) groups is 1. The van der Waals surface area contributed by atoms with Crippen LogP contribution in [0, 0.1) is 0 Å². The predicted molar refractivity (Wildman–Crippen MR) is 93.1 cm³/mol. The fraction of sp³-hybridized carbons (Fsp3) is 0.158. The molecule has 128 valence electrons. The number of carbonyl (C=O) groups excluding carboxylic acids is 1. The molecule has 0 bridgehead atoms. The second kappa shape index (κ2) is 7.63. The summed E-state index contributed by atoms with van der Waals surface area (Å²) in [6.45, 7) is -0.0758. The number of aromatic nitrogens is 1. The van der Waals surface area contributed by atoms with Gasteiger partial charge in [0.05, 0.1) is 18.0 Å². The molecule has 25 heavy (non-hydrogen) atoms. The highest BCUT2D eigenvalue weighted by atomic mass is 16.3. The van der Waals surface area contributed by atoms with Crippen LogP contribution in [0.5, 0.6) is 0 Å². The normalized spacial score (nSPS) is 11.9. The molecule has 3 aromatic rings. The highest BCUT2D eigenvalue weighted by Crippen LogP contribution is 2.18. The van der Waals surface area contributed by atoms with Crippen LogP contribution in [0.25, 0.3) is 11.5 Å². The van der Waals surface area contributed by atoms with Crippen LogP contribution in [0.4, 0.5) is 0 Å². The predicted octanol–water partition coefficient (Wildman–Crippen LogP) is 2.49. The van der Waals surface area contributed by atoms with E-state index in [1.165, 1.54) is 12.3 Å². The van der Waals surface area contributed by atoms with Gasteiger partial charge in [-0.05, 0) is 36.2 Å². The molecule has 1 amide bonds. The Morgan fingerprint density at radius 2 is 1.92 bits per heavy atom. The number of aliphatic hydroxyl groups is 1. The van der Waals surface area contributed by atoms with Gasteiger partial charge in [-0.25, -0.2) is 0 Å². The molecular formula is C19H18N2O4. The van der Waals surface area contributed by atoms with E-state index in [0.717, 1.165) is 5.56 Å². The summed E-state index contributed by atoms with van der Waals surface area (Å²) in [5.74, 6) is 0.0287. The van der Waals surface area contributed by atoms with Crippen molar-refractivity contribution >= 4 is 5.91 Å². The minimum absolute atomic E-state index is 0.00850. The number of pyridine rings is 1. The molecule has 1 aromatic carbocycles. The Kier molecular flexibility index (Phi) is 5.11. The van der Waals surface area contributed by atoms with Gasteiger partial charge in [0.15, 0.2) is 0 Å². The van der Waals surface area contributed by atoms with Gasteiger partial charge in [-0.15, -0.1) is 0 Å².